The first-order valence-corrected chi connectivity index (χ1v) is 4.28. The van der Waals surface area contributed by atoms with Crippen molar-refractivity contribution in [1.29, 1.82) is 0 Å². The number of hydrogen-bond acceptors (Lipinski definition) is 2. The highest BCUT2D eigenvalue weighted by Gasteiger charge is 2.01. The van der Waals surface area contributed by atoms with Crippen molar-refractivity contribution < 1.29 is 0 Å². The van der Waals surface area contributed by atoms with Gasteiger partial charge in [0.05, 0.1) is 0 Å². The molecule has 0 aromatic heterocycles. The second kappa shape index (κ2) is 7.76. The maximum atomic E-state index is 3.72. The number of rotatable bonds is 7. The second-order valence-corrected chi connectivity index (χ2v) is 2.76. The Morgan fingerprint density at radius 2 is 2.18 bits per heavy atom. The largest absolute Gasteiger partial charge is 0.320 e. The van der Waals surface area contributed by atoms with E-state index in [0.29, 0.717) is 6.04 Å². The van der Waals surface area contributed by atoms with Crippen LogP contribution in [0.25, 0.3) is 0 Å². The molecule has 2 heteroatoms. The van der Waals surface area contributed by atoms with Crippen molar-refractivity contribution in [2.24, 2.45) is 0 Å². The Hall–Kier alpha value is -0.340. The van der Waals surface area contributed by atoms with E-state index in [0.717, 1.165) is 13.0 Å². The fourth-order valence-corrected chi connectivity index (χ4v) is 1.11. The predicted molar refractivity (Wildman–Crippen MR) is 50.8 cm³/mol. The molecular weight excluding hydrogens is 136 g/mol. The van der Waals surface area contributed by atoms with Crippen LogP contribution in [0, 0.1) is 0 Å². The third-order valence-electron chi connectivity index (χ3n) is 1.84. The molecule has 0 spiro atoms. The van der Waals surface area contributed by atoms with Gasteiger partial charge in [-0.2, -0.15) is 0 Å². The van der Waals surface area contributed by atoms with Crippen LogP contribution < -0.4 is 10.6 Å². The molecule has 0 radical (unpaired) electrons. The van der Waals surface area contributed by atoms with Crippen molar-refractivity contribution in [3.63, 3.8) is 0 Å². The molecule has 1 unspecified atom stereocenters. The van der Waals surface area contributed by atoms with Crippen LogP contribution in [0.3, 0.4) is 0 Å². The first-order valence-electron chi connectivity index (χ1n) is 4.28. The maximum Gasteiger partial charge on any atom is 0.00989 e. The molecule has 0 rings (SSSR count). The van der Waals surface area contributed by atoms with Crippen LogP contribution in [-0.4, -0.2) is 26.7 Å². The van der Waals surface area contributed by atoms with Crippen molar-refractivity contribution in [2.75, 3.05) is 20.6 Å². The van der Waals surface area contributed by atoms with E-state index in [4.69, 9.17) is 0 Å². The summed E-state index contributed by atoms with van der Waals surface area (Å²) in [5, 5.41) is 6.40. The molecule has 2 nitrogen and oxygen atoms in total. The highest BCUT2D eigenvalue weighted by molar-refractivity contribution is 4.76. The van der Waals surface area contributed by atoms with E-state index in [2.05, 4.69) is 17.2 Å². The molecule has 2 N–H and O–H groups in total. The van der Waals surface area contributed by atoms with Gasteiger partial charge in [-0.25, -0.2) is 0 Å². The molecular formula is C9H20N2. The average molecular weight is 156 g/mol. The lowest BCUT2D eigenvalue weighted by Gasteiger charge is -2.12. The molecule has 0 aromatic rings. The Labute approximate surface area is 70.1 Å². The van der Waals surface area contributed by atoms with Gasteiger partial charge in [-0.3, -0.25) is 0 Å². The van der Waals surface area contributed by atoms with Crippen LogP contribution >= 0.6 is 0 Å². The van der Waals surface area contributed by atoms with E-state index >= 15 is 0 Å². The van der Waals surface area contributed by atoms with E-state index < -0.39 is 0 Å². The van der Waals surface area contributed by atoms with Crippen molar-refractivity contribution >= 4 is 0 Å². The van der Waals surface area contributed by atoms with Crippen molar-refractivity contribution in [2.45, 2.75) is 25.3 Å². The quantitative estimate of drug-likeness (QED) is 0.427. The first-order chi connectivity index (χ1) is 5.35. The van der Waals surface area contributed by atoms with Crippen molar-refractivity contribution in [3.8, 4) is 0 Å². The Morgan fingerprint density at radius 3 is 2.64 bits per heavy atom. The number of hydrogen-bond donors (Lipinski definition) is 2. The van der Waals surface area contributed by atoms with Gasteiger partial charge in [0.1, 0.15) is 0 Å². The summed E-state index contributed by atoms with van der Waals surface area (Å²) >= 11 is 0. The fraction of sp³-hybridized carbons (Fsp3) is 0.778. The van der Waals surface area contributed by atoms with Gasteiger partial charge in [-0.1, -0.05) is 6.08 Å². The Bertz CT molecular complexity index is 91.6. The van der Waals surface area contributed by atoms with Gasteiger partial charge in [0.15, 0.2) is 0 Å². The van der Waals surface area contributed by atoms with Crippen molar-refractivity contribution in [1.82, 2.24) is 10.6 Å². The molecule has 0 saturated heterocycles. The zero-order chi connectivity index (χ0) is 8.53. The van der Waals surface area contributed by atoms with Gasteiger partial charge in [0, 0.05) is 6.04 Å². The molecule has 0 heterocycles. The lowest BCUT2D eigenvalue weighted by molar-refractivity contribution is 0.502. The van der Waals surface area contributed by atoms with Crippen molar-refractivity contribution in [3.05, 3.63) is 12.7 Å². The standard InChI is InChI=1S/C9H20N2/c1-4-6-9(11-3)7-5-8-10-2/h4,9-11H,1,5-8H2,2-3H3. The van der Waals surface area contributed by atoms with Gasteiger partial charge in [0.2, 0.25) is 0 Å². The van der Waals surface area contributed by atoms with E-state index in [1.807, 2.05) is 20.2 Å². The summed E-state index contributed by atoms with van der Waals surface area (Å²) in [6, 6.07) is 0.612. The number of nitrogens with one attached hydrogen (secondary N) is 2. The summed E-state index contributed by atoms with van der Waals surface area (Å²) < 4.78 is 0. The van der Waals surface area contributed by atoms with Crippen LogP contribution in [-0.2, 0) is 0 Å². The third-order valence-corrected chi connectivity index (χ3v) is 1.84. The maximum absolute atomic E-state index is 3.72. The van der Waals surface area contributed by atoms with E-state index in [-0.39, 0.29) is 0 Å². The highest BCUT2D eigenvalue weighted by atomic mass is 14.9. The summed E-state index contributed by atoms with van der Waals surface area (Å²) in [7, 11) is 4.00. The molecule has 0 saturated carbocycles. The minimum atomic E-state index is 0.612. The summed E-state index contributed by atoms with van der Waals surface area (Å²) in [6.07, 6.45) is 5.50. The Balaban J connectivity index is 3.27. The van der Waals surface area contributed by atoms with Gasteiger partial charge in [-0.05, 0) is 39.9 Å². The summed E-state index contributed by atoms with van der Waals surface area (Å²) in [5.41, 5.74) is 0. The topological polar surface area (TPSA) is 24.1 Å². The monoisotopic (exact) mass is 156 g/mol. The minimum absolute atomic E-state index is 0.612. The molecule has 0 bridgehead atoms. The van der Waals surface area contributed by atoms with E-state index in [9.17, 15) is 0 Å². The second-order valence-electron chi connectivity index (χ2n) is 2.76. The first kappa shape index (κ1) is 10.7. The molecule has 0 aromatic carbocycles. The average Bonchev–Trinajstić information content (AvgIpc) is 2.03. The molecule has 0 fully saturated rings. The lowest BCUT2D eigenvalue weighted by atomic mass is 10.1. The Morgan fingerprint density at radius 1 is 1.45 bits per heavy atom. The molecule has 0 aliphatic rings. The SMILES string of the molecule is C=CCC(CCCNC)NC. The van der Waals surface area contributed by atoms with E-state index in [1.54, 1.807) is 0 Å². The smallest absolute Gasteiger partial charge is 0.00989 e. The Kier molecular flexibility index (Phi) is 7.52. The molecule has 11 heavy (non-hydrogen) atoms. The molecule has 1 atom stereocenters. The zero-order valence-corrected chi connectivity index (χ0v) is 7.69. The zero-order valence-electron chi connectivity index (χ0n) is 7.69. The van der Waals surface area contributed by atoms with Gasteiger partial charge in [0.25, 0.3) is 0 Å². The normalized spacial score (nSPS) is 12.9. The van der Waals surface area contributed by atoms with Gasteiger partial charge < -0.3 is 10.6 Å². The van der Waals surface area contributed by atoms with Crippen LogP contribution in [0.4, 0.5) is 0 Å². The highest BCUT2D eigenvalue weighted by Crippen LogP contribution is 2.00. The van der Waals surface area contributed by atoms with E-state index in [1.165, 1.54) is 12.8 Å². The summed E-state index contributed by atoms with van der Waals surface area (Å²) in [6.45, 7) is 4.83. The van der Waals surface area contributed by atoms with Crippen LogP contribution in [0.5, 0.6) is 0 Å². The van der Waals surface area contributed by atoms with Crippen LogP contribution in [0.1, 0.15) is 19.3 Å². The summed E-state index contributed by atoms with van der Waals surface area (Å²) in [5.74, 6) is 0. The fourth-order valence-electron chi connectivity index (χ4n) is 1.11. The predicted octanol–water partition coefficient (Wildman–Crippen LogP) is 1.15. The molecule has 0 aliphatic carbocycles. The third kappa shape index (κ3) is 6.07. The minimum Gasteiger partial charge on any atom is -0.320 e. The van der Waals surface area contributed by atoms with Crippen LogP contribution in [0.2, 0.25) is 0 Å². The molecule has 0 aliphatic heterocycles. The summed E-state index contributed by atoms with van der Waals surface area (Å²) in [4.78, 5) is 0. The van der Waals surface area contributed by atoms with Gasteiger partial charge in [-0.15, -0.1) is 6.58 Å². The van der Waals surface area contributed by atoms with Crippen LogP contribution in [0.15, 0.2) is 12.7 Å². The molecule has 0 amide bonds. The molecule has 66 valence electrons. The lowest BCUT2D eigenvalue weighted by Crippen LogP contribution is -2.25. The van der Waals surface area contributed by atoms with Gasteiger partial charge >= 0.3 is 0 Å².